The van der Waals surface area contributed by atoms with E-state index in [1.165, 1.54) is 0 Å². The number of hydrogen-bond donors (Lipinski definition) is 2. The number of carbonyl (C=O) groups excluding carboxylic acids is 1. The van der Waals surface area contributed by atoms with Crippen LogP contribution in [0.15, 0.2) is 0 Å². The van der Waals surface area contributed by atoms with E-state index in [1.54, 1.807) is 0 Å². The molecule has 10 heavy (non-hydrogen) atoms. The van der Waals surface area contributed by atoms with Crippen LogP contribution >= 0.6 is 0 Å². The second kappa shape index (κ2) is 3.09. The zero-order valence-corrected chi connectivity index (χ0v) is 5.62. The van der Waals surface area contributed by atoms with E-state index in [1.807, 2.05) is 0 Å². The number of hydrogen-bond acceptors (Lipinski definition) is 4. The molecule has 4 nitrogen and oxygen atoms in total. The lowest BCUT2D eigenvalue weighted by Gasteiger charge is -2.23. The van der Waals surface area contributed by atoms with Gasteiger partial charge >= 0.3 is 0 Å². The Balaban J connectivity index is 2.41. The number of aliphatic hydroxyl groups is 1. The van der Waals surface area contributed by atoms with Crippen LogP contribution in [0.5, 0.6) is 0 Å². The van der Waals surface area contributed by atoms with Crippen molar-refractivity contribution in [3.63, 3.8) is 0 Å². The maximum Gasteiger partial charge on any atom is 0.154 e. The van der Waals surface area contributed by atoms with Crippen molar-refractivity contribution in [3.8, 4) is 0 Å². The predicted molar refractivity (Wildman–Crippen MR) is 34.4 cm³/mol. The third kappa shape index (κ3) is 1.53. The van der Waals surface area contributed by atoms with Crippen molar-refractivity contribution in [1.29, 1.82) is 0 Å². The largest absolute Gasteiger partial charge is 0.394 e. The average molecular weight is 145 g/mol. The van der Waals surface area contributed by atoms with Gasteiger partial charge in [-0.25, -0.2) is 0 Å². The molecule has 0 aromatic rings. The summed E-state index contributed by atoms with van der Waals surface area (Å²) in [6.45, 7) is 0.141. The topological polar surface area (TPSA) is 72.6 Å². The summed E-state index contributed by atoms with van der Waals surface area (Å²) < 4.78 is 5.01. The van der Waals surface area contributed by atoms with Gasteiger partial charge in [0, 0.05) is 6.42 Å². The normalized spacial score (nSPS) is 34.4. The van der Waals surface area contributed by atoms with E-state index in [4.69, 9.17) is 15.6 Å². The van der Waals surface area contributed by atoms with E-state index in [2.05, 4.69) is 0 Å². The van der Waals surface area contributed by atoms with Crippen LogP contribution < -0.4 is 5.73 Å². The minimum Gasteiger partial charge on any atom is -0.394 e. The van der Waals surface area contributed by atoms with Gasteiger partial charge in [0.2, 0.25) is 0 Å². The smallest absolute Gasteiger partial charge is 0.154 e. The van der Waals surface area contributed by atoms with Crippen LogP contribution in [0.3, 0.4) is 0 Å². The van der Waals surface area contributed by atoms with Gasteiger partial charge in [-0.2, -0.15) is 0 Å². The monoisotopic (exact) mass is 145 g/mol. The van der Waals surface area contributed by atoms with Crippen molar-refractivity contribution in [1.82, 2.24) is 0 Å². The molecule has 0 spiro atoms. The second-order valence-corrected chi connectivity index (χ2v) is 2.41. The van der Waals surface area contributed by atoms with Crippen molar-refractivity contribution < 1.29 is 14.6 Å². The first-order chi connectivity index (χ1) is 4.74. The maximum absolute atomic E-state index is 10.8. The van der Waals surface area contributed by atoms with Gasteiger partial charge in [0.05, 0.1) is 25.4 Å². The Labute approximate surface area is 59.0 Å². The fourth-order valence-corrected chi connectivity index (χ4v) is 0.885. The summed E-state index contributed by atoms with van der Waals surface area (Å²) in [6, 6.07) is -0.484. The van der Waals surface area contributed by atoms with Crippen molar-refractivity contribution >= 4 is 5.78 Å². The molecule has 0 aromatic carbocycles. The molecular formula is C6H11NO3. The lowest BCUT2D eigenvalue weighted by Crippen LogP contribution is -2.44. The number of ketones is 1. The average Bonchev–Trinajstić information content (AvgIpc) is 1.95. The van der Waals surface area contributed by atoms with Gasteiger partial charge in [-0.05, 0) is 0 Å². The molecule has 0 saturated carbocycles. The van der Waals surface area contributed by atoms with E-state index in [0.717, 1.165) is 0 Å². The molecule has 1 aliphatic rings. The fourth-order valence-electron chi connectivity index (χ4n) is 0.885. The van der Waals surface area contributed by atoms with Gasteiger partial charge in [0.25, 0.3) is 0 Å². The van der Waals surface area contributed by atoms with Crippen LogP contribution in [-0.4, -0.2) is 36.2 Å². The van der Waals surface area contributed by atoms with Crippen LogP contribution in [0, 0.1) is 0 Å². The molecule has 3 N–H and O–H groups in total. The molecule has 0 bridgehead atoms. The minimum atomic E-state index is -0.484. The zero-order chi connectivity index (χ0) is 7.56. The van der Waals surface area contributed by atoms with Gasteiger partial charge in [-0.1, -0.05) is 0 Å². The molecule has 1 fully saturated rings. The molecule has 2 atom stereocenters. The molecule has 58 valence electrons. The highest BCUT2D eigenvalue weighted by Crippen LogP contribution is 2.07. The van der Waals surface area contributed by atoms with Crippen molar-refractivity contribution in [3.05, 3.63) is 0 Å². The predicted octanol–water partition coefficient (Wildman–Crippen LogP) is -1.34. The van der Waals surface area contributed by atoms with E-state index in [9.17, 15) is 4.79 Å². The van der Waals surface area contributed by atoms with Gasteiger partial charge in [0.1, 0.15) is 0 Å². The molecule has 0 amide bonds. The Morgan fingerprint density at radius 3 is 3.00 bits per heavy atom. The molecule has 1 aliphatic heterocycles. The SMILES string of the molecule is NC1CO[C@H](CO)CC1=O. The summed E-state index contributed by atoms with van der Waals surface area (Å²) in [6.07, 6.45) is -0.0789. The lowest BCUT2D eigenvalue weighted by molar-refractivity contribution is -0.132. The molecule has 0 aromatic heterocycles. The van der Waals surface area contributed by atoms with Crippen LogP contribution in [0.1, 0.15) is 6.42 Å². The van der Waals surface area contributed by atoms with E-state index >= 15 is 0 Å². The Morgan fingerprint density at radius 1 is 1.80 bits per heavy atom. The van der Waals surface area contributed by atoms with E-state index in [-0.39, 0.29) is 31.5 Å². The van der Waals surface area contributed by atoms with Gasteiger partial charge in [0.15, 0.2) is 5.78 Å². The molecule has 1 rings (SSSR count). The molecule has 1 saturated heterocycles. The fraction of sp³-hybridized carbons (Fsp3) is 0.833. The lowest BCUT2D eigenvalue weighted by atomic mass is 10.1. The highest BCUT2D eigenvalue weighted by atomic mass is 16.5. The zero-order valence-electron chi connectivity index (χ0n) is 5.62. The van der Waals surface area contributed by atoms with Crippen molar-refractivity contribution in [2.24, 2.45) is 5.73 Å². The number of nitrogens with two attached hydrogens (primary N) is 1. The van der Waals surface area contributed by atoms with E-state index < -0.39 is 6.04 Å². The number of aliphatic hydroxyl groups excluding tert-OH is 1. The summed E-state index contributed by atoms with van der Waals surface area (Å²) >= 11 is 0. The third-order valence-corrected chi connectivity index (χ3v) is 1.56. The van der Waals surface area contributed by atoms with Crippen LogP contribution in [0.2, 0.25) is 0 Å². The summed E-state index contributed by atoms with van der Waals surface area (Å²) in [7, 11) is 0. The van der Waals surface area contributed by atoms with Crippen molar-refractivity contribution in [2.45, 2.75) is 18.6 Å². The molecular weight excluding hydrogens is 134 g/mol. The number of ether oxygens (including phenoxy) is 1. The first kappa shape index (κ1) is 7.65. The number of rotatable bonds is 1. The number of carbonyl (C=O) groups is 1. The van der Waals surface area contributed by atoms with Gasteiger partial charge in [-0.3, -0.25) is 4.79 Å². The Kier molecular flexibility index (Phi) is 2.37. The highest BCUT2D eigenvalue weighted by molar-refractivity contribution is 5.84. The van der Waals surface area contributed by atoms with Crippen LogP contribution in [0.25, 0.3) is 0 Å². The standard InChI is InChI=1S/C6H11NO3/c7-5-3-10-4(2-8)1-6(5)9/h4-5,8H,1-3,7H2/t4-,5?/m0/s1. The van der Waals surface area contributed by atoms with Crippen LogP contribution in [0.4, 0.5) is 0 Å². The molecule has 0 aliphatic carbocycles. The molecule has 1 heterocycles. The number of Topliss-reactive ketones (excluding diaryl/α,β-unsaturated/α-hetero) is 1. The quantitative estimate of drug-likeness (QED) is 0.479. The van der Waals surface area contributed by atoms with Crippen LogP contribution in [-0.2, 0) is 9.53 Å². The van der Waals surface area contributed by atoms with E-state index in [0.29, 0.717) is 0 Å². The summed E-state index contributed by atoms with van der Waals surface area (Å²) in [5, 5.41) is 8.58. The maximum atomic E-state index is 10.8. The van der Waals surface area contributed by atoms with Gasteiger partial charge < -0.3 is 15.6 Å². The molecule has 4 heteroatoms. The van der Waals surface area contributed by atoms with Crippen molar-refractivity contribution in [2.75, 3.05) is 13.2 Å². The summed E-state index contributed by atoms with van der Waals surface area (Å²) in [5.41, 5.74) is 5.34. The third-order valence-electron chi connectivity index (χ3n) is 1.56. The minimum absolute atomic E-state index is 0.0229. The summed E-state index contributed by atoms with van der Waals surface area (Å²) in [5.74, 6) is -0.0229. The Hall–Kier alpha value is -0.450. The Morgan fingerprint density at radius 2 is 2.50 bits per heavy atom. The first-order valence-corrected chi connectivity index (χ1v) is 3.25. The molecule has 0 radical (unpaired) electrons. The highest BCUT2D eigenvalue weighted by Gasteiger charge is 2.25. The molecule has 1 unspecified atom stereocenters. The first-order valence-electron chi connectivity index (χ1n) is 3.25. The Bertz CT molecular complexity index is 137. The summed E-state index contributed by atoms with van der Waals surface area (Å²) in [4.78, 5) is 10.8. The second-order valence-electron chi connectivity index (χ2n) is 2.41. The van der Waals surface area contributed by atoms with Gasteiger partial charge in [-0.15, -0.1) is 0 Å².